The lowest BCUT2D eigenvalue weighted by molar-refractivity contribution is -0.0726. The second-order valence-corrected chi connectivity index (χ2v) is 6.14. The fraction of sp³-hybridized carbons (Fsp3) is 1.00. The van der Waals surface area contributed by atoms with Crippen LogP contribution in [0.3, 0.4) is 0 Å². The van der Waals surface area contributed by atoms with Gasteiger partial charge in [-0.2, -0.15) is 0 Å². The molecule has 20 heavy (non-hydrogen) atoms. The molecule has 0 radical (unpaired) electrons. The molecule has 0 bridgehead atoms. The zero-order chi connectivity index (χ0) is 14.4. The third-order valence-corrected chi connectivity index (χ3v) is 4.22. The molecule has 2 aliphatic rings. The Bertz CT molecular complexity index is 268. The molecule has 0 aromatic heterocycles. The topological polar surface area (TPSA) is 45.2 Å². The van der Waals surface area contributed by atoms with Gasteiger partial charge in [0.15, 0.2) is 0 Å². The van der Waals surface area contributed by atoms with Gasteiger partial charge in [-0.1, -0.05) is 0 Å². The van der Waals surface area contributed by atoms with Crippen molar-refractivity contribution in [3.8, 4) is 0 Å². The molecule has 0 spiro atoms. The van der Waals surface area contributed by atoms with Gasteiger partial charge in [0.2, 0.25) is 0 Å². The molecule has 0 aromatic carbocycles. The summed E-state index contributed by atoms with van der Waals surface area (Å²) >= 11 is 0. The van der Waals surface area contributed by atoms with Crippen LogP contribution in [-0.4, -0.2) is 85.7 Å². The Hall–Kier alpha value is -0.200. The Morgan fingerprint density at radius 1 is 1.20 bits per heavy atom. The van der Waals surface area contributed by atoms with Crippen LogP contribution in [0.4, 0.5) is 0 Å². The van der Waals surface area contributed by atoms with Crippen LogP contribution in [0.1, 0.15) is 26.7 Å². The first kappa shape index (κ1) is 16.2. The number of hydrogen-bond acceptors (Lipinski definition) is 5. The molecule has 5 heteroatoms. The normalized spacial score (nSPS) is 32.9. The van der Waals surface area contributed by atoms with E-state index in [2.05, 4.69) is 23.6 Å². The van der Waals surface area contributed by atoms with Crippen molar-refractivity contribution in [3.63, 3.8) is 0 Å². The summed E-state index contributed by atoms with van der Waals surface area (Å²) in [5.74, 6) is 0. The minimum atomic E-state index is 0.118. The Morgan fingerprint density at radius 2 is 1.95 bits per heavy atom. The first-order valence-corrected chi connectivity index (χ1v) is 7.99. The number of hydrogen-bond donors (Lipinski definition) is 1. The van der Waals surface area contributed by atoms with Crippen LogP contribution >= 0.6 is 0 Å². The molecular formula is C15H30N2O3. The standard InChI is InChI=1S/C15H30N2O3/c1-13-10-16(11-14(2)20-13)12-15-4-3-5-17(15)6-8-19-9-7-18/h13-15,18H,3-12H2,1-2H3. The third kappa shape index (κ3) is 4.97. The molecular weight excluding hydrogens is 256 g/mol. The largest absolute Gasteiger partial charge is 0.394 e. The van der Waals surface area contributed by atoms with E-state index in [1.165, 1.54) is 19.4 Å². The average molecular weight is 286 g/mol. The smallest absolute Gasteiger partial charge is 0.0698 e. The van der Waals surface area contributed by atoms with Crippen molar-refractivity contribution < 1.29 is 14.6 Å². The number of rotatable bonds is 7. The lowest BCUT2D eigenvalue weighted by atomic mass is 10.1. The summed E-state index contributed by atoms with van der Waals surface area (Å²) in [4.78, 5) is 5.10. The quantitative estimate of drug-likeness (QED) is 0.693. The maximum atomic E-state index is 8.72. The van der Waals surface area contributed by atoms with Crippen molar-refractivity contribution in [2.75, 3.05) is 52.5 Å². The van der Waals surface area contributed by atoms with Crippen molar-refractivity contribution in [1.82, 2.24) is 9.80 Å². The lowest BCUT2D eigenvalue weighted by Crippen LogP contribution is -2.50. The van der Waals surface area contributed by atoms with Crippen molar-refractivity contribution in [2.45, 2.75) is 44.9 Å². The van der Waals surface area contributed by atoms with E-state index in [4.69, 9.17) is 14.6 Å². The molecule has 118 valence electrons. The molecule has 2 fully saturated rings. The van der Waals surface area contributed by atoms with Gasteiger partial charge in [-0.15, -0.1) is 0 Å². The van der Waals surface area contributed by atoms with E-state index in [-0.39, 0.29) is 6.61 Å². The molecule has 2 heterocycles. The van der Waals surface area contributed by atoms with Crippen LogP contribution in [0.5, 0.6) is 0 Å². The highest BCUT2D eigenvalue weighted by molar-refractivity contribution is 4.84. The zero-order valence-electron chi connectivity index (χ0n) is 13.0. The second kappa shape index (κ2) is 8.29. The minimum absolute atomic E-state index is 0.118. The van der Waals surface area contributed by atoms with Crippen molar-refractivity contribution >= 4 is 0 Å². The van der Waals surface area contributed by atoms with E-state index in [0.29, 0.717) is 24.9 Å². The van der Waals surface area contributed by atoms with Gasteiger partial charge in [0.25, 0.3) is 0 Å². The number of aliphatic hydroxyl groups excluding tert-OH is 1. The summed E-state index contributed by atoms with van der Waals surface area (Å²) in [5, 5.41) is 8.72. The SMILES string of the molecule is CC1CN(CC2CCCN2CCOCCO)CC(C)O1. The third-order valence-electron chi connectivity index (χ3n) is 4.22. The summed E-state index contributed by atoms with van der Waals surface area (Å²) in [6.07, 6.45) is 3.28. The Balaban J connectivity index is 1.73. The second-order valence-electron chi connectivity index (χ2n) is 6.14. The van der Waals surface area contributed by atoms with Crippen molar-refractivity contribution in [3.05, 3.63) is 0 Å². The predicted molar refractivity (Wildman–Crippen MR) is 78.9 cm³/mol. The van der Waals surface area contributed by atoms with E-state index in [9.17, 15) is 0 Å². The monoisotopic (exact) mass is 286 g/mol. The molecule has 0 saturated carbocycles. The molecule has 3 unspecified atom stereocenters. The van der Waals surface area contributed by atoms with Gasteiger partial charge in [-0.05, 0) is 33.2 Å². The number of ether oxygens (including phenoxy) is 2. The number of nitrogens with zero attached hydrogens (tertiary/aromatic N) is 2. The fourth-order valence-corrected chi connectivity index (χ4v) is 3.48. The van der Waals surface area contributed by atoms with Crippen LogP contribution < -0.4 is 0 Å². The molecule has 2 rings (SSSR count). The predicted octanol–water partition coefficient (Wildman–Crippen LogP) is 0.569. The summed E-state index contributed by atoms with van der Waals surface area (Å²) < 4.78 is 11.2. The number of aliphatic hydroxyl groups is 1. The average Bonchev–Trinajstić information content (AvgIpc) is 2.81. The Kier molecular flexibility index (Phi) is 6.71. The van der Waals surface area contributed by atoms with Crippen LogP contribution in [0.25, 0.3) is 0 Å². The molecule has 2 saturated heterocycles. The molecule has 0 aliphatic carbocycles. The Morgan fingerprint density at radius 3 is 2.65 bits per heavy atom. The highest BCUT2D eigenvalue weighted by Crippen LogP contribution is 2.20. The zero-order valence-corrected chi connectivity index (χ0v) is 13.0. The van der Waals surface area contributed by atoms with E-state index < -0.39 is 0 Å². The molecule has 3 atom stereocenters. The summed E-state index contributed by atoms with van der Waals surface area (Å²) in [7, 11) is 0. The van der Waals surface area contributed by atoms with Gasteiger partial charge in [-0.25, -0.2) is 0 Å². The van der Waals surface area contributed by atoms with Crippen molar-refractivity contribution in [1.29, 1.82) is 0 Å². The van der Waals surface area contributed by atoms with Crippen LogP contribution in [-0.2, 0) is 9.47 Å². The maximum absolute atomic E-state index is 8.72. The fourth-order valence-electron chi connectivity index (χ4n) is 3.48. The van der Waals surface area contributed by atoms with Gasteiger partial charge in [0.05, 0.1) is 32.0 Å². The van der Waals surface area contributed by atoms with Gasteiger partial charge in [0, 0.05) is 32.2 Å². The van der Waals surface area contributed by atoms with Gasteiger partial charge < -0.3 is 14.6 Å². The van der Waals surface area contributed by atoms with Gasteiger partial charge in [-0.3, -0.25) is 9.80 Å². The van der Waals surface area contributed by atoms with E-state index in [1.54, 1.807) is 0 Å². The Labute approximate surface area is 122 Å². The van der Waals surface area contributed by atoms with Crippen LogP contribution in [0.15, 0.2) is 0 Å². The van der Waals surface area contributed by atoms with Crippen molar-refractivity contribution in [2.24, 2.45) is 0 Å². The number of morpholine rings is 1. The summed E-state index contributed by atoms with van der Waals surface area (Å²) in [6, 6.07) is 0.658. The lowest BCUT2D eigenvalue weighted by Gasteiger charge is -2.38. The molecule has 2 aliphatic heterocycles. The summed E-state index contributed by atoms with van der Waals surface area (Å²) in [5.41, 5.74) is 0. The maximum Gasteiger partial charge on any atom is 0.0698 e. The molecule has 5 nitrogen and oxygen atoms in total. The first-order chi connectivity index (χ1) is 9.69. The van der Waals surface area contributed by atoms with Crippen LogP contribution in [0, 0.1) is 0 Å². The molecule has 0 amide bonds. The van der Waals surface area contributed by atoms with Gasteiger partial charge in [0.1, 0.15) is 0 Å². The number of likely N-dealkylation sites (tertiary alicyclic amines) is 1. The highest BCUT2D eigenvalue weighted by atomic mass is 16.5. The molecule has 1 N–H and O–H groups in total. The van der Waals surface area contributed by atoms with E-state index >= 15 is 0 Å². The highest BCUT2D eigenvalue weighted by Gasteiger charge is 2.29. The molecule has 0 aromatic rings. The van der Waals surface area contributed by atoms with E-state index in [0.717, 1.165) is 32.8 Å². The minimum Gasteiger partial charge on any atom is -0.394 e. The first-order valence-electron chi connectivity index (χ1n) is 7.99. The van der Waals surface area contributed by atoms with E-state index in [1.807, 2.05) is 0 Å². The van der Waals surface area contributed by atoms with Gasteiger partial charge >= 0.3 is 0 Å². The van der Waals surface area contributed by atoms with Crippen LogP contribution in [0.2, 0.25) is 0 Å². The summed E-state index contributed by atoms with van der Waals surface area (Å²) in [6.45, 7) is 11.1.